The van der Waals surface area contributed by atoms with Crippen molar-refractivity contribution >= 4 is 16.0 Å². The van der Waals surface area contributed by atoms with Crippen LogP contribution in [0.5, 0.6) is 5.75 Å². The maximum absolute atomic E-state index is 11.3. The molecule has 1 rings (SSSR count). The molecule has 0 aliphatic rings. The fourth-order valence-electron chi connectivity index (χ4n) is 1.28. The quantitative estimate of drug-likeness (QED) is 0.646. The number of hydrogen-bond donors (Lipinski definition) is 1. The fourth-order valence-corrected chi connectivity index (χ4v) is 1.66. The number of carbonyl (C=O) groups excluding carboxylic acids is 1. The molecule has 0 aromatic heterocycles. The Bertz CT molecular complexity index is 505. The Morgan fingerprint density at radius 2 is 1.83 bits per heavy atom. The van der Waals surface area contributed by atoms with Crippen LogP contribution in [0.15, 0.2) is 24.3 Å². The van der Waals surface area contributed by atoms with E-state index < -0.39 is 16.0 Å². The van der Waals surface area contributed by atoms with Gasteiger partial charge in [0.05, 0.1) is 6.26 Å². The summed E-state index contributed by atoms with van der Waals surface area (Å²) in [5.74, 6) is 0.166. The summed E-state index contributed by atoms with van der Waals surface area (Å²) in [5.41, 5.74) is 1.14. The number of hydrogen-bond acceptors (Lipinski definition) is 4. The van der Waals surface area contributed by atoms with Gasteiger partial charge in [-0.05, 0) is 23.6 Å². The van der Waals surface area contributed by atoms with E-state index in [9.17, 15) is 13.2 Å². The zero-order chi connectivity index (χ0) is 13.8. The van der Waals surface area contributed by atoms with Gasteiger partial charge in [-0.1, -0.05) is 26.0 Å². The number of sulfonamides is 1. The summed E-state index contributed by atoms with van der Waals surface area (Å²) in [4.78, 5) is 11.3. The molecule has 0 amide bonds. The Hall–Kier alpha value is -1.40. The van der Waals surface area contributed by atoms with Crippen LogP contribution in [0.4, 0.5) is 0 Å². The molecular formula is C12H17NO4S. The molecule has 0 aliphatic carbocycles. The van der Waals surface area contributed by atoms with E-state index in [0.717, 1.165) is 11.8 Å². The van der Waals surface area contributed by atoms with E-state index in [1.807, 2.05) is 12.1 Å². The molecule has 0 unspecified atom stereocenters. The average molecular weight is 271 g/mol. The Morgan fingerprint density at radius 3 is 2.28 bits per heavy atom. The lowest BCUT2D eigenvalue weighted by Gasteiger charge is -2.07. The minimum Gasteiger partial charge on any atom is -0.426 e. The van der Waals surface area contributed by atoms with Gasteiger partial charge in [0.1, 0.15) is 12.3 Å². The van der Waals surface area contributed by atoms with E-state index in [-0.39, 0.29) is 6.54 Å². The van der Waals surface area contributed by atoms with Gasteiger partial charge < -0.3 is 4.74 Å². The first-order valence-corrected chi connectivity index (χ1v) is 7.42. The van der Waals surface area contributed by atoms with Crippen LogP contribution in [0.25, 0.3) is 0 Å². The second-order valence-electron chi connectivity index (χ2n) is 4.29. The third-order valence-electron chi connectivity index (χ3n) is 2.26. The van der Waals surface area contributed by atoms with Crippen LogP contribution >= 0.6 is 0 Å². The largest absolute Gasteiger partial charge is 0.426 e. The normalized spacial score (nSPS) is 11.6. The van der Waals surface area contributed by atoms with Crippen LogP contribution in [0.1, 0.15) is 25.3 Å². The lowest BCUT2D eigenvalue weighted by Crippen LogP contribution is -2.30. The lowest BCUT2D eigenvalue weighted by molar-refractivity contribution is -0.133. The van der Waals surface area contributed by atoms with Crippen LogP contribution in [-0.2, 0) is 14.8 Å². The number of rotatable bonds is 5. The molecular weight excluding hydrogens is 254 g/mol. The molecule has 0 atom stereocenters. The molecule has 0 saturated heterocycles. The van der Waals surface area contributed by atoms with Gasteiger partial charge in [-0.25, -0.2) is 13.1 Å². The van der Waals surface area contributed by atoms with Crippen molar-refractivity contribution in [2.24, 2.45) is 0 Å². The summed E-state index contributed by atoms with van der Waals surface area (Å²) in [7, 11) is -3.38. The van der Waals surface area contributed by atoms with E-state index in [1.54, 1.807) is 12.1 Å². The Kier molecular flexibility index (Phi) is 4.86. The second-order valence-corrected chi connectivity index (χ2v) is 6.12. The number of carbonyl (C=O) groups is 1. The molecule has 1 N–H and O–H groups in total. The average Bonchev–Trinajstić information content (AvgIpc) is 2.26. The van der Waals surface area contributed by atoms with Crippen LogP contribution in [0.2, 0.25) is 0 Å². The van der Waals surface area contributed by atoms with E-state index in [1.165, 1.54) is 0 Å². The minimum atomic E-state index is -3.38. The molecule has 0 bridgehead atoms. The van der Waals surface area contributed by atoms with Gasteiger partial charge in [0.2, 0.25) is 10.0 Å². The molecule has 5 nitrogen and oxygen atoms in total. The van der Waals surface area contributed by atoms with Crippen molar-refractivity contribution in [3.05, 3.63) is 29.8 Å². The first-order valence-electron chi connectivity index (χ1n) is 5.53. The third-order valence-corrected chi connectivity index (χ3v) is 2.93. The number of esters is 1. The summed E-state index contributed by atoms with van der Waals surface area (Å²) in [5, 5.41) is 0. The van der Waals surface area contributed by atoms with Crippen molar-refractivity contribution in [1.82, 2.24) is 4.72 Å². The van der Waals surface area contributed by atoms with Crippen LogP contribution < -0.4 is 9.46 Å². The zero-order valence-corrected chi connectivity index (χ0v) is 11.5. The Labute approximate surface area is 107 Å². The molecule has 6 heteroatoms. The highest BCUT2D eigenvalue weighted by Gasteiger charge is 2.08. The summed E-state index contributed by atoms with van der Waals surface area (Å²) in [6.45, 7) is 3.76. The van der Waals surface area contributed by atoms with Crippen molar-refractivity contribution in [3.63, 3.8) is 0 Å². The van der Waals surface area contributed by atoms with Gasteiger partial charge in [0.15, 0.2) is 0 Å². The highest BCUT2D eigenvalue weighted by Crippen LogP contribution is 2.18. The summed E-state index contributed by atoms with van der Waals surface area (Å²) < 4.78 is 28.6. The van der Waals surface area contributed by atoms with Crippen molar-refractivity contribution in [3.8, 4) is 5.75 Å². The first kappa shape index (κ1) is 14.7. The van der Waals surface area contributed by atoms with E-state index >= 15 is 0 Å². The van der Waals surface area contributed by atoms with E-state index in [0.29, 0.717) is 11.7 Å². The zero-order valence-electron chi connectivity index (χ0n) is 10.6. The molecule has 100 valence electrons. The Balaban J connectivity index is 2.55. The molecule has 1 aromatic rings. The van der Waals surface area contributed by atoms with Crippen LogP contribution in [-0.4, -0.2) is 27.2 Å². The van der Waals surface area contributed by atoms with Gasteiger partial charge in [-0.3, -0.25) is 4.79 Å². The van der Waals surface area contributed by atoms with Gasteiger partial charge in [0.25, 0.3) is 0 Å². The standard InChI is InChI=1S/C12H17NO4S/c1-9(2)10-4-6-11(7-5-10)17-12(14)8-13-18(3,15)16/h4-7,9,13H,8H2,1-3H3. The topological polar surface area (TPSA) is 72.5 Å². The first-order chi connectivity index (χ1) is 8.28. The highest BCUT2D eigenvalue weighted by molar-refractivity contribution is 7.88. The molecule has 0 aliphatic heterocycles. The number of ether oxygens (including phenoxy) is 1. The van der Waals surface area contributed by atoms with Crippen molar-refractivity contribution in [2.45, 2.75) is 19.8 Å². The maximum atomic E-state index is 11.3. The molecule has 0 fully saturated rings. The fraction of sp³-hybridized carbons (Fsp3) is 0.417. The van der Waals surface area contributed by atoms with Gasteiger partial charge in [-0.15, -0.1) is 0 Å². The third kappa shape index (κ3) is 5.29. The van der Waals surface area contributed by atoms with Gasteiger partial charge in [-0.2, -0.15) is 0 Å². The predicted octanol–water partition coefficient (Wildman–Crippen LogP) is 1.26. The molecule has 0 radical (unpaired) electrons. The van der Waals surface area contributed by atoms with Crippen LogP contribution in [0.3, 0.4) is 0 Å². The SMILES string of the molecule is CC(C)c1ccc(OC(=O)CNS(C)(=O)=O)cc1. The lowest BCUT2D eigenvalue weighted by atomic mass is 10.0. The van der Waals surface area contributed by atoms with Crippen molar-refractivity contribution in [2.75, 3.05) is 12.8 Å². The van der Waals surface area contributed by atoms with E-state index in [4.69, 9.17) is 4.74 Å². The monoisotopic (exact) mass is 271 g/mol. The molecule has 0 heterocycles. The smallest absolute Gasteiger partial charge is 0.326 e. The van der Waals surface area contributed by atoms with Crippen molar-refractivity contribution in [1.29, 1.82) is 0 Å². The summed E-state index contributed by atoms with van der Waals surface area (Å²) >= 11 is 0. The predicted molar refractivity (Wildman–Crippen MR) is 69.0 cm³/mol. The van der Waals surface area contributed by atoms with Crippen LogP contribution in [0, 0.1) is 0 Å². The second kappa shape index (κ2) is 5.97. The van der Waals surface area contributed by atoms with Gasteiger partial charge >= 0.3 is 5.97 Å². The molecule has 18 heavy (non-hydrogen) atoms. The van der Waals surface area contributed by atoms with E-state index in [2.05, 4.69) is 18.6 Å². The van der Waals surface area contributed by atoms with Crippen molar-refractivity contribution < 1.29 is 17.9 Å². The van der Waals surface area contributed by atoms with Gasteiger partial charge in [0, 0.05) is 0 Å². The molecule has 0 spiro atoms. The minimum absolute atomic E-state index is 0.370. The maximum Gasteiger partial charge on any atom is 0.326 e. The Morgan fingerprint density at radius 1 is 1.28 bits per heavy atom. The summed E-state index contributed by atoms with van der Waals surface area (Å²) in [6, 6.07) is 7.12. The number of nitrogens with one attached hydrogen (secondary N) is 1. The highest BCUT2D eigenvalue weighted by atomic mass is 32.2. The summed E-state index contributed by atoms with van der Waals surface area (Å²) in [6.07, 6.45) is 0.984. The molecule has 0 saturated carbocycles. The molecule has 1 aromatic carbocycles. The number of benzene rings is 1.